The summed E-state index contributed by atoms with van der Waals surface area (Å²) in [6, 6.07) is 7.79. The van der Waals surface area contributed by atoms with Crippen LogP contribution in [0.4, 0.5) is 18.9 Å². The molecule has 202 valence electrons. The standard InChI is InChI=1S/C27H28ClF3N4O3/c1-25(37)13-17(14-25)35-15-32-22-12-18(11-20(23(22)35)27(29,30)31)38-9-8-34-6-4-26(5-7-34)19-10-16(28)2-3-21(19)33-24(26)36/h2-3,10-12,15,17,37H,4-9,13-14H2,1H3,(H,33,36)/t17-,25+. The first kappa shape index (κ1) is 25.5. The average Bonchev–Trinajstić information content (AvgIpc) is 3.37. The van der Waals surface area contributed by atoms with Gasteiger partial charge in [-0.05, 0) is 75.5 Å². The zero-order valence-corrected chi connectivity index (χ0v) is 21.6. The molecule has 0 atom stereocenters. The van der Waals surface area contributed by atoms with Crippen LogP contribution in [0.5, 0.6) is 5.75 Å². The summed E-state index contributed by atoms with van der Waals surface area (Å²) < 4.78 is 49.4. The summed E-state index contributed by atoms with van der Waals surface area (Å²) in [4.78, 5) is 19.2. The molecule has 2 aliphatic heterocycles. The Hall–Kier alpha value is -2.82. The molecule has 6 rings (SSSR count). The number of benzene rings is 2. The van der Waals surface area contributed by atoms with E-state index in [2.05, 4.69) is 15.2 Å². The van der Waals surface area contributed by atoms with Gasteiger partial charge in [0.05, 0.1) is 33.9 Å². The molecule has 1 aliphatic carbocycles. The van der Waals surface area contributed by atoms with Crippen molar-refractivity contribution in [2.45, 2.75) is 55.8 Å². The predicted octanol–water partition coefficient (Wildman–Crippen LogP) is 5.16. The molecule has 3 aliphatic rings. The van der Waals surface area contributed by atoms with Crippen molar-refractivity contribution < 1.29 is 27.8 Å². The lowest BCUT2D eigenvalue weighted by Gasteiger charge is -2.41. The molecule has 1 aromatic heterocycles. The zero-order chi connectivity index (χ0) is 26.9. The van der Waals surface area contributed by atoms with Gasteiger partial charge in [-0.1, -0.05) is 11.6 Å². The third-order valence-corrected chi connectivity index (χ3v) is 8.49. The van der Waals surface area contributed by atoms with Crippen LogP contribution in [-0.4, -0.2) is 57.3 Å². The normalized spacial score (nSPS) is 24.9. The molecule has 2 N–H and O–H groups in total. The third kappa shape index (κ3) is 4.32. The van der Waals surface area contributed by atoms with E-state index in [-0.39, 0.29) is 35.3 Å². The quantitative estimate of drug-likeness (QED) is 0.460. The number of imidazole rings is 1. The number of nitrogens with zero attached hydrogens (tertiary/aromatic N) is 3. The summed E-state index contributed by atoms with van der Waals surface area (Å²) >= 11 is 6.19. The average molecular weight is 549 g/mol. The second-order valence-corrected chi connectivity index (χ2v) is 11.4. The van der Waals surface area contributed by atoms with Crippen LogP contribution in [0.1, 0.15) is 49.8 Å². The van der Waals surface area contributed by atoms with Gasteiger partial charge in [-0.25, -0.2) is 4.98 Å². The SMILES string of the molecule is C[C@]1(O)C[C@@H](n2cnc3cc(OCCN4CCC5(CC4)C(=O)Nc4ccc(Cl)cc45)cc(C(F)(F)F)c32)C1. The maximum atomic E-state index is 14.0. The fourth-order valence-electron chi connectivity index (χ4n) is 6.21. The number of aromatic nitrogens is 2. The second-order valence-electron chi connectivity index (χ2n) is 11.0. The minimum absolute atomic E-state index is 0.0106. The van der Waals surface area contributed by atoms with E-state index in [0.29, 0.717) is 50.3 Å². The van der Waals surface area contributed by atoms with Gasteiger partial charge < -0.3 is 19.7 Å². The van der Waals surface area contributed by atoms with Crippen molar-refractivity contribution in [1.29, 1.82) is 0 Å². The van der Waals surface area contributed by atoms with Crippen LogP contribution in [0, 0.1) is 0 Å². The monoisotopic (exact) mass is 548 g/mol. The highest BCUT2D eigenvalue weighted by Gasteiger charge is 2.48. The first-order valence-corrected chi connectivity index (χ1v) is 13.1. The van der Waals surface area contributed by atoms with Gasteiger partial charge in [0.1, 0.15) is 12.4 Å². The Balaban J connectivity index is 1.12. The van der Waals surface area contributed by atoms with Crippen LogP contribution in [0.15, 0.2) is 36.7 Å². The van der Waals surface area contributed by atoms with E-state index < -0.39 is 22.8 Å². The first-order valence-electron chi connectivity index (χ1n) is 12.7. The second kappa shape index (κ2) is 8.86. The third-order valence-electron chi connectivity index (χ3n) is 8.26. The first-order chi connectivity index (χ1) is 18.0. The van der Waals surface area contributed by atoms with Crippen LogP contribution in [0.25, 0.3) is 11.0 Å². The van der Waals surface area contributed by atoms with E-state index in [4.69, 9.17) is 16.3 Å². The fraction of sp³-hybridized carbons (Fsp3) is 0.481. The summed E-state index contributed by atoms with van der Waals surface area (Å²) in [7, 11) is 0. The number of anilines is 1. The van der Waals surface area contributed by atoms with Gasteiger partial charge in [0, 0.05) is 29.4 Å². The number of carbonyl (C=O) groups excluding carboxylic acids is 1. The Labute approximate surface area is 222 Å². The predicted molar refractivity (Wildman–Crippen MR) is 137 cm³/mol. The molecule has 0 bridgehead atoms. The van der Waals surface area contributed by atoms with Crippen molar-refractivity contribution in [1.82, 2.24) is 14.5 Å². The molecule has 38 heavy (non-hydrogen) atoms. The summed E-state index contributed by atoms with van der Waals surface area (Å²) in [5.74, 6) is 0.103. The number of aliphatic hydroxyl groups is 1. The molecule has 1 spiro atoms. The molecule has 0 radical (unpaired) electrons. The number of fused-ring (bicyclic) bond motifs is 3. The Morgan fingerprint density at radius 1 is 1.21 bits per heavy atom. The van der Waals surface area contributed by atoms with Crippen LogP contribution in [0.3, 0.4) is 0 Å². The summed E-state index contributed by atoms with van der Waals surface area (Å²) in [6.45, 7) is 3.72. The molecule has 7 nitrogen and oxygen atoms in total. The van der Waals surface area contributed by atoms with Crippen molar-refractivity contribution in [2.24, 2.45) is 0 Å². The Morgan fingerprint density at radius 2 is 1.95 bits per heavy atom. The molecule has 1 saturated carbocycles. The Kier molecular flexibility index (Phi) is 5.93. The van der Waals surface area contributed by atoms with E-state index in [9.17, 15) is 23.1 Å². The number of hydrogen-bond acceptors (Lipinski definition) is 5. The molecule has 11 heteroatoms. The van der Waals surface area contributed by atoms with Crippen LogP contribution < -0.4 is 10.1 Å². The number of ether oxygens (including phenoxy) is 1. The van der Waals surface area contributed by atoms with Gasteiger partial charge in [-0.3, -0.25) is 9.69 Å². The molecule has 2 fully saturated rings. The van der Waals surface area contributed by atoms with E-state index in [0.717, 1.165) is 17.3 Å². The smallest absolute Gasteiger partial charge is 0.418 e. The molecule has 0 unspecified atom stereocenters. The molecule has 2 aromatic carbocycles. The number of piperidine rings is 1. The van der Waals surface area contributed by atoms with Crippen LogP contribution in [-0.2, 0) is 16.4 Å². The van der Waals surface area contributed by atoms with Crippen LogP contribution in [0.2, 0.25) is 5.02 Å². The van der Waals surface area contributed by atoms with Gasteiger partial charge in [-0.15, -0.1) is 0 Å². The van der Waals surface area contributed by atoms with Crippen molar-refractivity contribution in [3.8, 4) is 5.75 Å². The Morgan fingerprint density at radius 3 is 2.63 bits per heavy atom. The van der Waals surface area contributed by atoms with Crippen molar-refractivity contribution >= 4 is 34.2 Å². The largest absolute Gasteiger partial charge is 0.492 e. The van der Waals surface area contributed by atoms with E-state index >= 15 is 0 Å². The van der Waals surface area contributed by atoms with Crippen molar-refractivity contribution in [3.63, 3.8) is 0 Å². The molecular weight excluding hydrogens is 521 g/mol. The minimum atomic E-state index is -4.58. The lowest BCUT2D eigenvalue weighted by atomic mass is 9.73. The lowest BCUT2D eigenvalue weighted by molar-refractivity contribution is -0.136. The molecule has 3 aromatic rings. The molecule has 1 amide bonds. The zero-order valence-electron chi connectivity index (χ0n) is 20.8. The molecule has 3 heterocycles. The van der Waals surface area contributed by atoms with Gasteiger partial charge in [0.2, 0.25) is 5.91 Å². The number of nitrogens with one attached hydrogen (secondary N) is 1. The number of hydrogen-bond donors (Lipinski definition) is 2. The maximum Gasteiger partial charge on any atom is 0.418 e. The highest BCUT2D eigenvalue weighted by Crippen LogP contribution is 2.47. The number of amides is 1. The fourth-order valence-corrected chi connectivity index (χ4v) is 6.38. The summed E-state index contributed by atoms with van der Waals surface area (Å²) in [5.41, 5.74) is -0.293. The highest BCUT2D eigenvalue weighted by atomic mass is 35.5. The Bertz CT molecular complexity index is 1400. The van der Waals surface area contributed by atoms with Gasteiger partial charge in [-0.2, -0.15) is 13.2 Å². The van der Waals surface area contributed by atoms with Gasteiger partial charge >= 0.3 is 6.18 Å². The number of halogens is 4. The molecular formula is C27H28ClF3N4O3. The van der Waals surface area contributed by atoms with Gasteiger partial charge in [0.15, 0.2) is 0 Å². The van der Waals surface area contributed by atoms with E-state index in [1.54, 1.807) is 13.0 Å². The number of alkyl halides is 3. The maximum absolute atomic E-state index is 14.0. The summed E-state index contributed by atoms with van der Waals surface area (Å²) in [5, 5.41) is 13.6. The lowest BCUT2D eigenvalue weighted by Crippen LogP contribution is -2.47. The topological polar surface area (TPSA) is 79.6 Å². The van der Waals surface area contributed by atoms with E-state index in [1.165, 1.54) is 17.0 Å². The number of likely N-dealkylation sites (tertiary alicyclic amines) is 1. The highest BCUT2D eigenvalue weighted by molar-refractivity contribution is 6.31. The van der Waals surface area contributed by atoms with Crippen molar-refractivity contribution in [3.05, 3.63) is 52.8 Å². The van der Waals surface area contributed by atoms with Crippen LogP contribution >= 0.6 is 11.6 Å². The minimum Gasteiger partial charge on any atom is -0.492 e. The number of carbonyl (C=O) groups is 1. The van der Waals surface area contributed by atoms with E-state index in [1.807, 2.05) is 12.1 Å². The number of rotatable bonds is 5. The summed E-state index contributed by atoms with van der Waals surface area (Å²) in [6.07, 6.45) is -1.15. The van der Waals surface area contributed by atoms with Gasteiger partial charge in [0.25, 0.3) is 0 Å². The molecule has 1 saturated heterocycles. The van der Waals surface area contributed by atoms with Crippen molar-refractivity contribution in [2.75, 3.05) is 31.6 Å².